The Hall–Kier alpha value is -2.29. The summed E-state index contributed by atoms with van der Waals surface area (Å²) in [6, 6.07) is 11.9. The van der Waals surface area contributed by atoms with Crippen molar-refractivity contribution in [1.29, 1.82) is 0 Å². The molecule has 1 atom stereocenters. The predicted octanol–water partition coefficient (Wildman–Crippen LogP) is 3.09. The number of nitrogens with one attached hydrogen (secondary N) is 1. The number of para-hydroxylation sites is 1. The highest BCUT2D eigenvalue weighted by atomic mass is 32.2. The van der Waals surface area contributed by atoms with Gasteiger partial charge in [0.25, 0.3) is 10.0 Å². The summed E-state index contributed by atoms with van der Waals surface area (Å²) in [4.78, 5) is 17.2. The third-order valence-corrected chi connectivity index (χ3v) is 7.74. The SMILES string of the molecule is O=C(Nc1cccc2cccnc12)C1CCCN1S(=O)(=O)c1cccs1. The number of hydrogen-bond donors (Lipinski definition) is 1. The molecular formula is C18H17N3O3S2. The molecule has 2 aromatic heterocycles. The first kappa shape index (κ1) is 17.1. The summed E-state index contributed by atoms with van der Waals surface area (Å²) in [7, 11) is -3.65. The van der Waals surface area contributed by atoms with Crippen molar-refractivity contribution >= 4 is 43.9 Å². The summed E-state index contributed by atoms with van der Waals surface area (Å²) < 4.78 is 27.2. The van der Waals surface area contributed by atoms with Gasteiger partial charge >= 0.3 is 0 Å². The molecule has 0 spiro atoms. The summed E-state index contributed by atoms with van der Waals surface area (Å²) >= 11 is 1.16. The first-order chi connectivity index (χ1) is 12.6. The number of sulfonamides is 1. The molecule has 0 bridgehead atoms. The number of carbonyl (C=O) groups is 1. The van der Waals surface area contributed by atoms with E-state index < -0.39 is 16.1 Å². The number of fused-ring (bicyclic) bond motifs is 1. The van der Waals surface area contributed by atoms with Crippen LogP contribution in [-0.2, 0) is 14.8 Å². The number of nitrogens with zero attached hydrogens (tertiary/aromatic N) is 2. The molecule has 8 heteroatoms. The van der Waals surface area contributed by atoms with E-state index in [-0.39, 0.29) is 10.1 Å². The predicted molar refractivity (Wildman–Crippen MR) is 102 cm³/mol. The monoisotopic (exact) mass is 387 g/mol. The summed E-state index contributed by atoms with van der Waals surface area (Å²) in [5.74, 6) is -0.319. The fraction of sp³-hybridized carbons (Fsp3) is 0.222. The summed E-state index contributed by atoms with van der Waals surface area (Å²) in [6.07, 6.45) is 2.84. The van der Waals surface area contributed by atoms with E-state index in [0.29, 0.717) is 30.6 Å². The van der Waals surface area contributed by atoms with Gasteiger partial charge in [-0.25, -0.2) is 8.42 Å². The lowest BCUT2D eigenvalue weighted by atomic mass is 10.1. The molecule has 1 unspecified atom stereocenters. The van der Waals surface area contributed by atoms with Crippen molar-refractivity contribution in [2.24, 2.45) is 0 Å². The van der Waals surface area contributed by atoms with E-state index >= 15 is 0 Å². The van der Waals surface area contributed by atoms with E-state index in [1.807, 2.05) is 24.3 Å². The Balaban J connectivity index is 1.61. The fourth-order valence-electron chi connectivity index (χ4n) is 3.24. The van der Waals surface area contributed by atoms with Gasteiger partial charge in [0.1, 0.15) is 10.3 Å². The normalized spacial score (nSPS) is 18.2. The molecule has 3 heterocycles. The third kappa shape index (κ3) is 3.00. The van der Waals surface area contributed by atoms with Crippen molar-refractivity contribution in [3.05, 3.63) is 54.0 Å². The highest BCUT2D eigenvalue weighted by Crippen LogP contribution is 2.30. The first-order valence-corrected chi connectivity index (χ1v) is 10.6. The van der Waals surface area contributed by atoms with Crippen LogP contribution in [0.5, 0.6) is 0 Å². The van der Waals surface area contributed by atoms with Gasteiger partial charge in [0.15, 0.2) is 0 Å². The van der Waals surface area contributed by atoms with Crippen LogP contribution >= 0.6 is 11.3 Å². The van der Waals surface area contributed by atoms with Crippen LogP contribution < -0.4 is 5.32 Å². The summed E-state index contributed by atoms with van der Waals surface area (Å²) in [5.41, 5.74) is 1.28. The van der Waals surface area contributed by atoms with Crippen LogP contribution in [0.1, 0.15) is 12.8 Å². The van der Waals surface area contributed by atoms with Gasteiger partial charge in [-0.3, -0.25) is 9.78 Å². The number of hydrogen-bond acceptors (Lipinski definition) is 5. The van der Waals surface area contributed by atoms with Gasteiger partial charge in [-0.15, -0.1) is 11.3 Å². The van der Waals surface area contributed by atoms with E-state index in [2.05, 4.69) is 10.3 Å². The van der Waals surface area contributed by atoms with Gasteiger partial charge < -0.3 is 5.32 Å². The zero-order valence-electron chi connectivity index (χ0n) is 13.8. The molecule has 134 valence electrons. The largest absolute Gasteiger partial charge is 0.323 e. The number of rotatable bonds is 4. The standard InChI is InChI=1S/C18H17N3O3S2/c22-18(20-14-7-1-5-13-6-2-10-19-17(13)14)15-8-3-11-21(15)26(23,24)16-9-4-12-25-16/h1-2,4-7,9-10,12,15H,3,8,11H2,(H,20,22). The van der Waals surface area contributed by atoms with Gasteiger partial charge in [-0.2, -0.15) is 4.31 Å². The number of thiophene rings is 1. The maximum absolute atomic E-state index is 12.8. The second-order valence-electron chi connectivity index (χ2n) is 6.08. The molecule has 1 aliphatic heterocycles. The van der Waals surface area contributed by atoms with E-state index in [9.17, 15) is 13.2 Å². The fourth-order valence-corrected chi connectivity index (χ4v) is 6.01. The minimum absolute atomic E-state index is 0.268. The van der Waals surface area contributed by atoms with Crippen molar-refractivity contribution < 1.29 is 13.2 Å². The molecular weight excluding hydrogens is 370 g/mol. The van der Waals surface area contributed by atoms with Crippen LogP contribution in [0, 0.1) is 0 Å². The second kappa shape index (κ2) is 6.79. The van der Waals surface area contributed by atoms with Crippen LogP contribution in [0.25, 0.3) is 10.9 Å². The molecule has 1 aliphatic rings. The lowest BCUT2D eigenvalue weighted by Crippen LogP contribution is -2.42. The lowest BCUT2D eigenvalue weighted by molar-refractivity contribution is -0.119. The highest BCUT2D eigenvalue weighted by molar-refractivity contribution is 7.91. The van der Waals surface area contributed by atoms with Crippen LogP contribution in [0.4, 0.5) is 5.69 Å². The van der Waals surface area contributed by atoms with Gasteiger partial charge in [0.2, 0.25) is 5.91 Å². The molecule has 26 heavy (non-hydrogen) atoms. The molecule has 1 fully saturated rings. The summed E-state index contributed by atoms with van der Waals surface area (Å²) in [5, 5.41) is 5.51. The Kier molecular flexibility index (Phi) is 4.47. The topological polar surface area (TPSA) is 79.4 Å². The van der Waals surface area contributed by atoms with Crippen LogP contribution in [0.2, 0.25) is 0 Å². The number of pyridine rings is 1. The minimum atomic E-state index is -3.65. The first-order valence-electron chi connectivity index (χ1n) is 8.27. The molecule has 3 aromatic rings. The van der Waals surface area contributed by atoms with Crippen molar-refractivity contribution in [3.8, 4) is 0 Å². The zero-order chi connectivity index (χ0) is 18.1. The number of benzene rings is 1. The molecule has 0 saturated carbocycles. The van der Waals surface area contributed by atoms with Gasteiger partial charge in [0.05, 0.1) is 11.2 Å². The molecule has 1 aromatic carbocycles. The molecule has 1 saturated heterocycles. The lowest BCUT2D eigenvalue weighted by Gasteiger charge is -2.22. The third-order valence-electron chi connectivity index (χ3n) is 4.45. The molecule has 6 nitrogen and oxygen atoms in total. The Morgan fingerprint density at radius 2 is 2.04 bits per heavy atom. The number of carbonyl (C=O) groups excluding carboxylic acids is 1. The average molecular weight is 387 g/mol. The van der Waals surface area contributed by atoms with Crippen molar-refractivity contribution in [2.45, 2.75) is 23.1 Å². The Bertz CT molecular complexity index is 1040. The Morgan fingerprint density at radius 1 is 1.19 bits per heavy atom. The van der Waals surface area contributed by atoms with E-state index in [1.54, 1.807) is 29.8 Å². The smallest absolute Gasteiger partial charge is 0.253 e. The van der Waals surface area contributed by atoms with E-state index in [1.165, 1.54) is 4.31 Å². The number of amides is 1. The second-order valence-corrected chi connectivity index (χ2v) is 9.14. The average Bonchev–Trinajstić information content (AvgIpc) is 3.34. The molecule has 1 N–H and O–H groups in total. The van der Waals surface area contributed by atoms with Crippen LogP contribution in [0.3, 0.4) is 0 Å². The zero-order valence-corrected chi connectivity index (χ0v) is 15.5. The number of aromatic nitrogens is 1. The van der Waals surface area contributed by atoms with Crippen molar-refractivity contribution in [1.82, 2.24) is 9.29 Å². The maximum Gasteiger partial charge on any atom is 0.253 e. The quantitative estimate of drug-likeness (QED) is 0.746. The maximum atomic E-state index is 12.8. The molecule has 4 rings (SSSR count). The van der Waals surface area contributed by atoms with E-state index in [0.717, 1.165) is 16.7 Å². The van der Waals surface area contributed by atoms with Crippen molar-refractivity contribution in [2.75, 3.05) is 11.9 Å². The molecule has 0 aliphatic carbocycles. The van der Waals surface area contributed by atoms with Crippen LogP contribution in [-0.4, -0.2) is 36.2 Å². The van der Waals surface area contributed by atoms with E-state index in [4.69, 9.17) is 0 Å². The van der Waals surface area contributed by atoms with Gasteiger partial charge in [-0.1, -0.05) is 24.3 Å². The van der Waals surface area contributed by atoms with Gasteiger partial charge in [-0.05, 0) is 36.4 Å². The minimum Gasteiger partial charge on any atom is -0.323 e. The van der Waals surface area contributed by atoms with Crippen molar-refractivity contribution in [3.63, 3.8) is 0 Å². The van der Waals surface area contributed by atoms with Crippen LogP contribution in [0.15, 0.2) is 58.3 Å². The summed E-state index contributed by atoms with van der Waals surface area (Å²) in [6.45, 7) is 0.353. The molecule has 1 amide bonds. The Morgan fingerprint density at radius 3 is 2.85 bits per heavy atom. The number of anilines is 1. The molecule has 0 radical (unpaired) electrons. The highest BCUT2D eigenvalue weighted by Gasteiger charge is 2.40. The Labute approximate surface area is 155 Å². The van der Waals surface area contributed by atoms with Gasteiger partial charge in [0, 0.05) is 18.1 Å².